The Morgan fingerprint density at radius 1 is 0.319 bits per heavy atom. The summed E-state index contributed by atoms with van der Waals surface area (Å²) in [6, 6.07) is -8.85. The molecule has 0 bridgehead atoms. The van der Waals surface area contributed by atoms with E-state index in [1.807, 2.05) is 0 Å². The highest BCUT2D eigenvalue weighted by molar-refractivity contribution is 7.84. The Bertz CT molecular complexity index is 3750. The maximum absolute atomic E-state index is 13.0. The molecule has 94 heavy (non-hydrogen) atoms. The number of rotatable bonds is 31. The van der Waals surface area contributed by atoms with Gasteiger partial charge in [-0.1, -0.05) is 0 Å². The van der Waals surface area contributed by atoms with Crippen LogP contribution in [-0.4, -0.2) is 343 Å². The summed E-state index contributed by atoms with van der Waals surface area (Å²) >= 11 is 0. The van der Waals surface area contributed by atoms with Gasteiger partial charge in [0, 0.05) is 0 Å². The fourth-order valence-electron chi connectivity index (χ4n) is 9.03. The lowest BCUT2D eigenvalue weighted by Gasteiger charge is -2.50. The lowest BCUT2D eigenvalue weighted by molar-refractivity contribution is -0.372. The predicted molar refractivity (Wildman–Crippen MR) is 268 cm³/mol. The molecule has 55 nitrogen and oxygen atoms in total. The number of aliphatic hydroxyl groups excluding tert-OH is 6. The molecule has 552 valence electrons. The number of ether oxygens (including phenoxy) is 9. The maximum atomic E-state index is 13.0. The molecule has 64 heteroatoms. The van der Waals surface area contributed by atoms with Gasteiger partial charge < -0.3 is 83.5 Å². The summed E-state index contributed by atoms with van der Waals surface area (Å²) in [6.07, 6.45) is -67.2. The molecule has 5 fully saturated rings. The molecule has 0 amide bonds. The van der Waals surface area contributed by atoms with Crippen molar-refractivity contribution in [2.75, 3.05) is 19.8 Å². The topological polar surface area (TPSA) is 860 Å². The molecule has 5 aliphatic rings. The van der Waals surface area contributed by atoms with Gasteiger partial charge in [-0.3, -0.25) is 41.0 Å². The molecule has 0 unspecified atom stereocenters. The van der Waals surface area contributed by atoms with E-state index in [9.17, 15) is 163 Å². The number of hydrogen-bond donors (Lipinski definition) is 20. The average Bonchev–Trinajstić information content (AvgIpc) is 0.764. The van der Waals surface area contributed by atoms with Crippen LogP contribution in [-0.2, 0) is 171 Å². The van der Waals surface area contributed by atoms with Gasteiger partial charge in [0.1, 0.15) is 104 Å². The van der Waals surface area contributed by atoms with Crippen LogP contribution in [0.1, 0.15) is 0 Å². The first-order valence-corrected chi connectivity index (χ1v) is 36.3. The van der Waals surface area contributed by atoms with Crippen molar-refractivity contribution in [3.8, 4) is 0 Å². The summed E-state index contributed by atoms with van der Waals surface area (Å²) in [5.74, 6) is -5.07. The van der Waals surface area contributed by atoms with Crippen LogP contribution >= 0.6 is 0 Å². The van der Waals surface area contributed by atoms with Crippen molar-refractivity contribution in [1.82, 2.24) is 14.2 Å². The van der Waals surface area contributed by atoms with Gasteiger partial charge in [-0.15, -0.1) is 0 Å². The van der Waals surface area contributed by atoms with Crippen molar-refractivity contribution in [2.45, 2.75) is 153 Å². The number of hydrogen-bond acceptors (Lipinski definition) is 41. The minimum Gasteiger partial charge on any atom is -0.479 e. The van der Waals surface area contributed by atoms with Gasteiger partial charge in [0.15, 0.2) is 49.8 Å². The summed E-state index contributed by atoms with van der Waals surface area (Å²) < 4.78 is 379. The largest absolute Gasteiger partial charge is 0.479 e. The van der Waals surface area contributed by atoms with E-state index in [-0.39, 0.29) is 0 Å². The van der Waals surface area contributed by atoms with Crippen molar-refractivity contribution in [3.05, 3.63) is 0 Å². The minimum atomic E-state index is -6.42. The van der Waals surface area contributed by atoms with Gasteiger partial charge in [0.25, 0.3) is 0 Å². The molecule has 0 aliphatic carbocycles. The van der Waals surface area contributed by atoms with Crippen LogP contribution < -0.4 is 14.2 Å². The van der Waals surface area contributed by atoms with E-state index in [1.165, 1.54) is 4.72 Å². The molecule has 0 spiro atoms. The van der Waals surface area contributed by atoms with Crippen molar-refractivity contribution in [1.29, 1.82) is 0 Å². The highest BCUT2D eigenvalue weighted by Gasteiger charge is 2.62. The molecule has 0 saturated carbocycles. The van der Waals surface area contributed by atoms with Crippen LogP contribution in [0.25, 0.3) is 0 Å². The third-order valence-corrected chi connectivity index (χ3v) is 16.8. The Morgan fingerprint density at radius 2 is 0.649 bits per heavy atom. The standard InChI is InChI=1S/C30H51N3O52S9/c34-10-4(1-71-89(53,54)55)75-27(7(11(10)35)31-86(44,45)46)79-19-12(36)13(37)29(81-22(19)24(39)40)77-16-6(3-73-91(59,60)61)76-28(9(33-88(50,51)52)18(16)84-93(65,66)67)80-20-14(38)21(85-94(68,69)70)30(82-23(20)25(41)42)78-15-5(2-72-90(56,57)58)74-26(43)8(32-87(47,48)49)17(15)83-92(62,63)64/h4-23,26-38,43H,1-3H2,(H,39,40)(H,41,42)(H,44,45,46)(H,47,48,49)(H,50,51,52)(H,53,54,55)(H,56,57,58)(H,59,60,61)(H,62,63,64)(H,65,66,67)(H,68,69,70)/t4-,5-,6-,7-,8-,9-,10-,11-,12-,13-,14+,15-,16-,17-,18-,19+,20+,21-,22+,23-,26+,27-,28-,29+,30-/m1/s1. The quantitative estimate of drug-likeness (QED) is 0.0287. The molecule has 25 atom stereocenters. The molecule has 20 N–H and O–H groups in total. The van der Waals surface area contributed by atoms with E-state index >= 15 is 0 Å². The van der Waals surface area contributed by atoms with Gasteiger partial charge in [0.2, 0.25) is 0 Å². The van der Waals surface area contributed by atoms with Crippen molar-refractivity contribution < 1.29 is 235 Å². The summed E-state index contributed by atoms with van der Waals surface area (Å²) in [7, 11) is -53.7. The van der Waals surface area contributed by atoms with E-state index in [4.69, 9.17) is 47.2 Å². The third-order valence-electron chi connectivity index (χ3n) is 12.4. The number of aliphatic hydroxyl groups is 6. The average molecular weight is 1570 g/mol. The Morgan fingerprint density at radius 3 is 1.06 bits per heavy atom. The van der Waals surface area contributed by atoms with Crippen LogP contribution in [0.3, 0.4) is 0 Å². The summed E-state index contributed by atoms with van der Waals surface area (Å²) in [4.78, 5) is 25.8. The van der Waals surface area contributed by atoms with Crippen LogP contribution in [0.5, 0.6) is 0 Å². The van der Waals surface area contributed by atoms with Crippen LogP contribution in [0.2, 0.25) is 0 Å². The number of nitrogens with one attached hydrogen (secondary N) is 3. The minimum absolute atomic E-state index is 1.05. The first-order valence-electron chi connectivity index (χ1n) is 23.8. The second kappa shape index (κ2) is 30.6. The zero-order valence-corrected chi connectivity index (χ0v) is 52.0. The van der Waals surface area contributed by atoms with E-state index in [0.717, 1.165) is 9.44 Å². The maximum Gasteiger partial charge on any atom is 0.397 e. The van der Waals surface area contributed by atoms with E-state index in [1.54, 1.807) is 0 Å². The number of aliphatic carboxylic acids is 2. The molecule has 5 heterocycles. The van der Waals surface area contributed by atoms with E-state index < -0.39 is 278 Å². The van der Waals surface area contributed by atoms with Gasteiger partial charge in [0.05, 0.1) is 19.8 Å². The summed E-state index contributed by atoms with van der Waals surface area (Å²) in [5, 5.41) is 87.1. The van der Waals surface area contributed by atoms with E-state index in [0.29, 0.717) is 0 Å². The SMILES string of the molecule is O=C(O)[C@H]1O[C@H](O[C@H]2[C@H](OS(=O)(=O)O)[C@@H](NS(=O)(=O)O)[C@@H](O[C@H]3[C@H](O)[C@@H](OS(=O)(=O)O)[C@H](O[C@H]4[C@H](OS(=O)(=O)O)[C@@H](NS(=O)(=O)O)[C@@H](O)O[C@@H]4COS(=O)(=O)O)O[C@H]3C(=O)O)O[C@@H]2COS(=O)(=O)O)[C@H](O)[C@@H](O)[C@@H]1O[C@H]1O[C@H](COS(=O)(=O)O)[C@@H](O)[C@H](O)[C@H]1NS(=O)(=O)O. The molecule has 0 aromatic heterocycles. The van der Waals surface area contributed by atoms with Gasteiger partial charge in [-0.05, 0) is 0 Å². The molecule has 5 aliphatic heterocycles. The Hall–Kier alpha value is -2.83. The van der Waals surface area contributed by atoms with Crippen LogP contribution in [0.4, 0.5) is 0 Å². The molecule has 0 aromatic rings. The number of carbonyl (C=O) groups is 2. The van der Waals surface area contributed by atoms with Crippen molar-refractivity contribution in [2.24, 2.45) is 0 Å². The highest BCUT2D eigenvalue weighted by Crippen LogP contribution is 2.39. The summed E-state index contributed by atoms with van der Waals surface area (Å²) in [6.45, 7) is -5.43. The van der Waals surface area contributed by atoms with Gasteiger partial charge in [-0.25, -0.2) is 34.7 Å². The smallest absolute Gasteiger partial charge is 0.397 e. The van der Waals surface area contributed by atoms with E-state index in [2.05, 4.69) is 25.1 Å². The molecule has 5 saturated heterocycles. The van der Waals surface area contributed by atoms with Crippen LogP contribution in [0.15, 0.2) is 0 Å². The zero-order valence-electron chi connectivity index (χ0n) is 44.6. The predicted octanol–water partition coefficient (Wildman–Crippen LogP) is -14.6. The van der Waals surface area contributed by atoms with Crippen molar-refractivity contribution in [3.63, 3.8) is 0 Å². The number of carboxylic acid groups (broad SMARTS) is 2. The molecule has 0 radical (unpaired) electrons. The second-order valence-electron chi connectivity index (χ2n) is 19.0. The fourth-order valence-corrected chi connectivity index (χ4v) is 13.2. The lowest BCUT2D eigenvalue weighted by Crippen LogP contribution is -2.71. The third kappa shape index (κ3) is 24.2. The first-order chi connectivity index (χ1) is 42.3. The highest BCUT2D eigenvalue weighted by atomic mass is 32.3. The Labute approximate surface area is 525 Å². The first kappa shape index (κ1) is 81.8. The molecular weight excluding hydrogens is 1520 g/mol. The number of carboxylic acids is 2. The normalized spacial score (nSPS) is 38.0. The molecule has 0 aromatic carbocycles. The molecular formula is C30H51N3O52S9. The molecule has 5 rings (SSSR count). The lowest BCUT2D eigenvalue weighted by atomic mass is 9.94. The fraction of sp³-hybridized carbons (Fsp3) is 0.933. The Balaban J connectivity index is 1.63. The van der Waals surface area contributed by atoms with Gasteiger partial charge in [-0.2, -0.15) is 89.9 Å². The summed E-state index contributed by atoms with van der Waals surface area (Å²) in [5.41, 5.74) is 0. The Kier molecular flexibility index (Phi) is 26.6. The zero-order chi connectivity index (χ0) is 71.9. The van der Waals surface area contributed by atoms with Gasteiger partial charge >= 0.3 is 105 Å². The monoisotopic (exact) mass is 1570 g/mol. The van der Waals surface area contributed by atoms with Crippen molar-refractivity contribution >= 4 is 105 Å². The van der Waals surface area contributed by atoms with Crippen LogP contribution in [0, 0.1) is 0 Å². The second-order valence-corrected chi connectivity index (χ2v) is 29.0.